The fourth-order valence-electron chi connectivity index (χ4n) is 7.13. The van der Waals surface area contributed by atoms with E-state index in [0.29, 0.717) is 12.5 Å². The van der Waals surface area contributed by atoms with Gasteiger partial charge in [0.1, 0.15) is 5.54 Å². The molecule has 3 aliphatic rings. The molecular weight excluding hydrogens is 549 g/mol. The van der Waals surface area contributed by atoms with Crippen molar-refractivity contribution in [2.45, 2.75) is 141 Å². The van der Waals surface area contributed by atoms with E-state index in [1.807, 2.05) is 26.8 Å². The van der Waals surface area contributed by atoms with Crippen LogP contribution in [0.1, 0.15) is 118 Å². The summed E-state index contributed by atoms with van der Waals surface area (Å²) >= 11 is 6.31. The van der Waals surface area contributed by atoms with Crippen LogP contribution in [0, 0.1) is 5.92 Å². The van der Waals surface area contributed by atoms with Crippen LogP contribution in [0.15, 0.2) is 18.2 Å². The number of rotatable bonds is 9. The first-order valence-electron chi connectivity index (χ1n) is 16.0. The Labute approximate surface area is 259 Å². The summed E-state index contributed by atoms with van der Waals surface area (Å²) in [6.07, 6.45) is 8.07. The highest BCUT2D eigenvalue weighted by Gasteiger charge is 2.51. The summed E-state index contributed by atoms with van der Waals surface area (Å²) in [7, 11) is -0.259. The highest BCUT2D eigenvalue weighted by Crippen LogP contribution is 2.41. The van der Waals surface area contributed by atoms with Gasteiger partial charge in [-0.1, -0.05) is 30.5 Å². The fourth-order valence-corrected chi connectivity index (χ4v) is 7.32. The Hall–Kier alpha value is -1.61. The van der Waals surface area contributed by atoms with Gasteiger partial charge in [-0.25, -0.2) is 0 Å². The average Bonchev–Trinajstić information content (AvgIpc) is 3.09. The number of likely N-dealkylation sites (tertiary alicyclic amines) is 1. The van der Waals surface area contributed by atoms with Crippen LogP contribution in [-0.4, -0.2) is 59.2 Å². The maximum absolute atomic E-state index is 14.1. The zero-order valence-electron chi connectivity index (χ0n) is 27.2. The van der Waals surface area contributed by atoms with Gasteiger partial charge in [0.05, 0.1) is 11.2 Å². The molecule has 2 unspecified atom stereocenters. The lowest BCUT2D eigenvalue weighted by Crippen LogP contribution is -2.66. The molecule has 9 heteroatoms. The smallest absolute Gasteiger partial charge is 0.403 e. The van der Waals surface area contributed by atoms with Crippen molar-refractivity contribution in [3.63, 3.8) is 0 Å². The molecule has 0 aromatic heterocycles. The predicted octanol–water partition coefficient (Wildman–Crippen LogP) is 6.48. The summed E-state index contributed by atoms with van der Waals surface area (Å²) < 4.78 is 12.4. The van der Waals surface area contributed by atoms with E-state index in [1.54, 1.807) is 0 Å². The van der Waals surface area contributed by atoms with E-state index in [9.17, 15) is 9.59 Å². The fraction of sp³-hybridized carbons (Fsp3) is 0.758. The number of unbranched alkanes of at least 4 members (excludes halogenated alkanes) is 1. The summed E-state index contributed by atoms with van der Waals surface area (Å²) in [4.78, 5) is 29.4. The van der Waals surface area contributed by atoms with Crippen LogP contribution in [0.5, 0.6) is 0 Å². The van der Waals surface area contributed by atoms with Crippen molar-refractivity contribution in [2.75, 3.05) is 13.1 Å². The molecule has 2 atom stereocenters. The molecule has 1 aliphatic carbocycles. The number of nitrogens with zero attached hydrogens (tertiary/aromatic N) is 1. The first-order chi connectivity index (χ1) is 19.5. The van der Waals surface area contributed by atoms with Gasteiger partial charge in [0, 0.05) is 23.5 Å². The standard InChI is InChI=1S/C33H53BClN3O4/c1-23(39)36-33(29(40)37-30(2,3)4,18-9-10-19-34-41-31(5,6)32(7,8)42-34)25-16-20-38(21-17-25)28-13-11-12-24-22-26(35)14-15-27(24)28/h14-15,22,25,28H,9-13,16-21H2,1-8H3,(H,36,39)(H,37,40). The van der Waals surface area contributed by atoms with E-state index in [0.717, 1.165) is 69.4 Å². The lowest BCUT2D eigenvalue weighted by Gasteiger charge is -2.47. The van der Waals surface area contributed by atoms with E-state index in [1.165, 1.54) is 18.1 Å². The SMILES string of the molecule is CC(=O)NC(CCCCB1OC(C)(C)C(C)(C)O1)(C(=O)NC(C)(C)C)C1CCN(C2CCCc3cc(Cl)ccc32)CC1. The highest BCUT2D eigenvalue weighted by molar-refractivity contribution is 6.45. The summed E-state index contributed by atoms with van der Waals surface area (Å²) in [6, 6.07) is 6.71. The van der Waals surface area contributed by atoms with Crippen LogP contribution in [-0.2, 0) is 25.3 Å². The van der Waals surface area contributed by atoms with Gasteiger partial charge >= 0.3 is 7.12 Å². The number of aryl methyl sites for hydroxylation is 1. The van der Waals surface area contributed by atoms with Crippen molar-refractivity contribution in [1.82, 2.24) is 15.5 Å². The van der Waals surface area contributed by atoms with Crippen molar-refractivity contribution >= 4 is 30.5 Å². The van der Waals surface area contributed by atoms with E-state index in [-0.39, 0.29) is 36.1 Å². The maximum Gasteiger partial charge on any atom is 0.457 e. The van der Waals surface area contributed by atoms with Crippen molar-refractivity contribution in [3.8, 4) is 0 Å². The van der Waals surface area contributed by atoms with Crippen molar-refractivity contribution in [3.05, 3.63) is 34.3 Å². The number of benzene rings is 1. The molecule has 1 aromatic rings. The third-order valence-corrected chi connectivity index (χ3v) is 10.1. The second-order valence-corrected chi connectivity index (χ2v) is 15.3. The van der Waals surface area contributed by atoms with Gasteiger partial charge in [0.2, 0.25) is 11.8 Å². The van der Waals surface area contributed by atoms with Crippen LogP contribution in [0.2, 0.25) is 11.3 Å². The monoisotopic (exact) mass is 601 g/mol. The van der Waals surface area contributed by atoms with E-state index in [2.05, 4.69) is 55.4 Å². The van der Waals surface area contributed by atoms with Crippen molar-refractivity contribution in [1.29, 1.82) is 0 Å². The third-order valence-electron chi connectivity index (χ3n) is 9.91. The van der Waals surface area contributed by atoms with Gasteiger partial charge in [0.25, 0.3) is 0 Å². The van der Waals surface area contributed by atoms with Crippen LogP contribution >= 0.6 is 11.6 Å². The van der Waals surface area contributed by atoms with Gasteiger partial charge in [-0.15, -0.1) is 0 Å². The van der Waals surface area contributed by atoms with Crippen LogP contribution in [0.25, 0.3) is 0 Å². The molecule has 0 saturated carbocycles. The Bertz CT molecular complexity index is 1110. The largest absolute Gasteiger partial charge is 0.457 e. The Balaban J connectivity index is 1.48. The number of amides is 2. The van der Waals surface area contributed by atoms with Gasteiger partial charge in [0.15, 0.2) is 0 Å². The lowest BCUT2D eigenvalue weighted by molar-refractivity contribution is -0.138. The first-order valence-corrected chi connectivity index (χ1v) is 16.4. The second-order valence-electron chi connectivity index (χ2n) is 14.8. The van der Waals surface area contributed by atoms with Crippen molar-refractivity contribution < 1.29 is 18.9 Å². The molecule has 1 aromatic carbocycles. The minimum absolute atomic E-state index is 0.0464. The molecule has 0 bridgehead atoms. The number of carbonyl (C=O) groups excluding carboxylic acids is 2. The molecular formula is C33H53BClN3O4. The average molecular weight is 602 g/mol. The van der Waals surface area contributed by atoms with E-state index in [4.69, 9.17) is 20.9 Å². The molecule has 2 N–H and O–H groups in total. The summed E-state index contributed by atoms with van der Waals surface area (Å²) in [6.45, 7) is 17.6. The normalized spacial score (nSPS) is 24.1. The number of carbonyl (C=O) groups is 2. The Kier molecular flexibility index (Phi) is 10.1. The number of hydrogen-bond acceptors (Lipinski definition) is 5. The molecule has 42 heavy (non-hydrogen) atoms. The summed E-state index contributed by atoms with van der Waals surface area (Å²) in [5, 5.41) is 7.24. The number of hydrogen-bond donors (Lipinski definition) is 2. The van der Waals surface area contributed by atoms with Gasteiger partial charge in [-0.2, -0.15) is 0 Å². The van der Waals surface area contributed by atoms with Crippen LogP contribution in [0.4, 0.5) is 0 Å². The summed E-state index contributed by atoms with van der Waals surface area (Å²) in [5.74, 6) is -0.187. The molecule has 0 radical (unpaired) electrons. The minimum Gasteiger partial charge on any atom is -0.403 e. The molecule has 4 rings (SSSR count). The van der Waals surface area contributed by atoms with Gasteiger partial charge in [-0.3, -0.25) is 14.5 Å². The predicted molar refractivity (Wildman–Crippen MR) is 171 cm³/mol. The number of piperidine rings is 1. The lowest BCUT2D eigenvalue weighted by atomic mass is 9.72. The minimum atomic E-state index is -0.959. The molecule has 234 valence electrons. The number of fused-ring (bicyclic) bond motifs is 1. The first kappa shape index (κ1) is 33.3. The Morgan fingerprint density at radius 2 is 1.67 bits per heavy atom. The van der Waals surface area contributed by atoms with Crippen LogP contribution in [0.3, 0.4) is 0 Å². The molecule has 2 amide bonds. The quantitative estimate of drug-likeness (QED) is 0.250. The Morgan fingerprint density at radius 1 is 1.02 bits per heavy atom. The second kappa shape index (κ2) is 12.8. The molecule has 2 aliphatic heterocycles. The zero-order chi connectivity index (χ0) is 30.9. The molecule has 0 spiro atoms. The molecule has 2 saturated heterocycles. The van der Waals surface area contributed by atoms with E-state index < -0.39 is 11.1 Å². The van der Waals surface area contributed by atoms with E-state index >= 15 is 0 Å². The van der Waals surface area contributed by atoms with Crippen molar-refractivity contribution in [2.24, 2.45) is 5.92 Å². The van der Waals surface area contributed by atoms with Gasteiger partial charge < -0.3 is 19.9 Å². The molecule has 2 heterocycles. The number of nitrogens with one attached hydrogen (secondary N) is 2. The van der Waals surface area contributed by atoms with Gasteiger partial charge in [-0.05, 0) is 136 Å². The maximum atomic E-state index is 14.1. The Morgan fingerprint density at radius 3 is 2.26 bits per heavy atom. The van der Waals surface area contributed by atoms with Crippen LogP contribution < -0.4 is 10.6 Å². The summed E-state index contributed by atoms with van der Waals surface area (Å²) in [5.41, 5.74) is 0.675. The molecule has 7 nitrogen and oxygen atoms in total. The third kappa shape index (κ3) is 7.54. The topological polar surface area (TPSA) is 79.9 Å². The highest BCUT2D eigenvalue weighted by atomic mass is 35.5. The molecule has 2 fully saturated rings. The number of halogens is 1. The zero-order valence-corrected chi connectivity index (χ0v) is 28.0.